The van der Waals surface area contributed by atoms with Crippen LogP contribution in [-0.2, 0) is 4.79 Å². The zero-order chi connectivity index (χ0) is 15.4. The molecule has 0 unspecified atom stereocenters. The van der Waals surface area contributed by atoms with Gasteiger partial charge in [0.25, 0.3) is 5.82 Å². The first-order valence-electron chi connectivity index (χ1n) is 7.42. The number of amides is 1. The molecular formula is C17H24N3O+. The summed E-state index contributed by atoms with van der Waals surface area (Å²) in [5, 5.41) is 7.46. The summed E-state index contributed by atoms with van der Waals surface area (Å²) in [6.45, 7) is 9.28. The fraction of sp³-hybridized carbons (Fsp3) is 0.412. The summed E-state index contributed by atoms with van der Waals surface area (Å²) in [5.74, 6) is 1.12. The molecule has 0 aliphatic heterocycles. The quantitative estimate of drug-likeness (QED) is 0.830. The molecule has 0 bridgehead atoms. The lowest BCUT2D eigenvalue weighted by Gasteiger charge is -2.07. The van der Waals surface area contributed by atoms with Crippen molar-refractivity contribution in [2.75, 3.05) is 18.4 Å². The number of aromatic amines is 1. The van der Waals surface area contributed by atoms with E-state index in [9.17, 15) is 4.79 Å². The van der Waals surface area contributed by atoms with Crippen LogP contribution in [0.25, 0.3) is 10.9 Å². The maximum Gasteiger partial charge on any atom is 0.275 e. The second kappa shape index (κ2) is 6.57. The summed E-state index contributed by atoms with van der Waals surface area (Å²) in [6.07, 6.45) is 0. The minimum Gasteiger partial charge on any atom is -0.352 e. The third-order valence-corrected chi connectivity index (χ3v) is 3.48. The lowest BCUT2D eigenvalue weighted by molar-refractivity contribution is -0.327. The van der Waals surface area contributed by atoms with Gasteiger partial charge in [0.05, 0.1) is 6.54 Å². The average molecular weight is 286 g/mol. The molecule has 3 N–H and O–H groups in total. The number of carbonyl (C=O) groups is 1. The molecule has 0 saturated heterocycles. The SMILES string of the molecule is Cc1ccc2[nH+]c(NCCNC(=O)C(C)C)c(C)cc2c1. The molecule has 1 aromatic heterocycles. The van der Waals surface area contributed by atoms with E-state index in [0.717, 1.165) is 11.3 Å². The zero-order valence-corrected chi connectivity index (χ0v) is 13.2. The van der Waals surface area contributed by atoms with E-state index in [1.807, 2.05) is 13.8 Å². The van der Waals surface area contributed by atoms with Crippen LogP contribution >= 0.6 is 0 Å². The molecule has 0 radical (unpaired) electrons. The number of aryl methyl sites for hydroxylation is 2. The number of nitrogens with one attached hydrogen (secondary N) is 3. The number of fused-ring (bicyclic) bond motifs is 1. The van der Waals surface area contributed by atoms with E-state index in [2.05, 4.69) is 53.7 Å². The summed E-state index contributed by atoms with van der Waals surface area (Å²) in [5.41, 5.74) is 3.54. The Morgan fingerprint density at radius 1 is 1.19 bits per heavy atom. The third-order valence-electron chi connectivity index (χ3n) is 3.48. The molecule has 112 valence electrons. The number of hydrogen-bond donors (Lipinski definition) is 2. The Labute approximate surface area is 126 Å². The van der Waals surface area contributed by atoms with Crippen LogP contribution in [0.15, 0.2) is 24.3 Å². The summed E-state index contributed by atoms with van der Waals surface area (Å²) in [4.78, 5) is 14.9. The van der Waals surface area contributed by atoms with Gasteiger partial charge < -0.3 is 5.32 Å². The van der Waals surface area contributed by atoms with Crippen LogP contribution in [0.5, 0.6) is 0 Å². The number of rotatable bonds is 5. The van der Waals surface area contributed by atoms with Crippen LogP contribution < -0.4 is 15.6 Å². The first-order chi connectivity index (χ1) is 9.97. The van der Waals surface area contributed by atoms with Crippen molar-refractivity contribution >= 4 is 22.6 Å². The van der Waals surface area contributed by atoms with E-state index in [4.69, 9.17) is 0 Å². The maximum absolute atomic E-state index is 11.5. The van der Waals surface area contributed by atoms with Gasteiger partial charge in [0.15, 0.2) is 0 Å². The highest BCUT2D eigenvalue weighted by Crippen LogP contribution is 2.17. The smallest absolute Gasteiger partial charge is 0.275 e. The Kier molecular flexibility index (Phi) is 4.78. The van der Waals surface area contributed by atoms with Crippen LogP contribution in [0.1, 0.15) is 25.0 Å². The van der Waals surface area contributed by atoms with Gasteiger partial charge in [0.2, 0.25) is 5.91 Å². The number of anilines is 1. The lowest BCUT2D eigenvalue weighted by Crippen LogP contribution is -2.32. The van der Waals surface area contributed by atoms with E-state index in [1.165, 1.54) is 16.5 Å². The molecular weight excluding hydrogens is 262 g/mol. The van der Waals surface area contributed by atoms with Gasteiger partial charge in [-0.05, 0) is 32.0 Å². The molecule has 21 heavy (non-hydrogen) atoms. The molecule has 0 spiro atoms. The minimum atomic E-state index is 0.0298. The van der Waals surface area contributed by atoms with Crippen LogP contribution in [0, 0.1) is 19.8 Å². The highest BCUT2D eigenvalue weighted by molar-refractivity contribution is 5.78. The highest BCUT2D eigenvalue weighted by Gasteiger charge is 2.10. The van der Waals surface area contributed by atoms with Gasteiger partial charge in [0, 0.05) is 16.9 Å². The van der Waals surface area contributed by atoms with Crippen LogP contribution in [-0.4, -0.2) is 19.0 Å². The van der Waals surface area contributed by atoms with E-state index < -0.39 is 0 Å². The van der Waals surface area contributed by atoms with Crippen molar-refractivity contribution in [2.24, 2.45) is 5.92 Å². The molecule has 0 fully saturated rings. The zero-order valence-electron chi connectivity index (χ0n) is 13.2. The molecule has 1 aromatic carbocycles. The summed E-state index contributed by atoms with van der Waals surface area (Å²) >= 11 is 0. The average Bonchev–Trinajstić information content (AvgIpc) is 2.43. The van der Waals surface area contributed by atoms with Gasteiger partial charge in [-0.2, -0.15) is 0 Å². The van der Waals surface area contributed by atoms with Crippen molar-refractivity contribution < 1.29 is 9.78 Å². The van der Waals surface area contributed by atoms with Gasteiger partial charge in [0.1, 0.15) is 12.1 Å². The Morgan fingerprint density at radius 3 is 2.67 bits per heavy atom. The number of benzene rings is 1. The molecule has 1 amide bonds. The minimum absolute atomic E-state index is 0.0298. The molecule has 0 aliphatic rings. The van der Waals surface area contributed by atoms with Crippen molar-refractivity contribution in [2.45, 2.75) is 27.7 Å². The van der Waals surface area contributed by atoms with Crippen molar-refractivity contribution in [3.05, 3.63) is 35.4 Å². The number of pyridine rings is 1. The molecule has 4 heteroatoms. The molecule has 4 nitrogen and oxygen atoms in total. The van der Waals surface area contributed by atoms with Crippen LogP contribution in [0.2, 0.25) is 0 Å². The number of H-pyrrole nitrogens is 1. The predicted molar refractivity (Wildman–Crippen MR) is 86.3 cm³/mol. The van der Waals surface area contributed by atoms with Gasteiger partial charge in [-0.3, -0.25) is 10.1 Å². The van der Waals surface area contributed by atoms with Crippen molar-refractivity contribution in [1.29, 1.82) is 0 Å². The van der Waals surface area contributed by atoms with Crippen LogP contribution in [0.4, 0.5) is 5.82 Å². The van der Waals surface area contributed by atoms with E-state index in [1.54, 1.807) is 0 Å². The molecule has 0 aliphatic carbocycles. The Hall–Kier alpha value is -2.10. The largest absolute Gasteiger partial charge is 0.352 e. The van der Waals surface area contributed by atoms with Crippen molar-refractivity contribution in [3.8, 4) is 0 Å². The normalized spacial score (nSPS) is 10.9. The van der Waals surface area contributed by atoms with E-state index >= 15 is 0 Å². The van der Waals surface area contributed by atoms with Crippen molar-refractivity contribution in [1.82, 2.24) is 5.32 Å². The fourth-order valence-corrected chi connectivity index (χ4v) is 2.22. The van der Waals surface area contributed by atoms with Crippen LogP contribution in [0.3, 0.4) is 0 Å². The second-order valence-electron chi connectivity index (χ2n) is 5.79. The Balaban J connectivity index is 2.00. The first-order valence-corrected chi connectivity index (χ1v) is 7.42. The number of carbonyl (C=O) groups excluding carboxylic acids is 1. The monoisotopic (exact) mass is 286 g/mol. The number of hydrogen-bond acceptors (Lipinski definition) is 2. The molecule has 0 saturated carbocycles. The first kappa shape index (κ1) is 15.3. The van der Waals surface area contributed by atoms with Crippen molar-refractivity contribution in [3.63, 3.8) is 0 Å². The summed E-state index contributed by atoms with van der Waals surface area (Å²) in [7, 11) is 0. The Bertz CT molecular complexity index is 650. The van der Waals surface area contributed by atoms with Gasteiger partial charge in [-0.1, -0.05) is 25.5 Å². The molecule has 2 rings (SSSR count). The highest BCUT2D eigenvalue weighted by atomic mass is 16.1. The molecule has 1 heterocycles. The summed E-state index contributed by atoms with van der Waals surface area (Å²) in [6, 6.07) is 8.54. The van der Waals surface area contributed by atoms with Gasteiger partial charge in [-0.25, -0.2) is 4.98 Å². The molecule has 0 atom stereocenters. The predicted octanol–water partition coefficient (Wildman–Crippen LogP) is 2.45. The number of aromatic nitrogens is 1. The second-order valence-corrected chi connectivity index (χ2v) is 5.79. The fourth-order valence-electron chi connectivity index (χ4n) is 2.22. The van der Waals surface area contributed by atoms with E-state index in [0.29, 0.717) is 13.1 Å². The third kappa shape index (κ3) is 3.94. The molecule has 2 aromatic rings. The van der Waals surface area contributed by atoms with E-state index in [-0.39, 0.29) is 11.8 Å². The summed E-state index contributed by atoms with van der Waals surface area (Å²) < 4.78 is 0. The van der Waals surface area contributed by atoms with Gasteiger partial charge >= 0.3 is 0 Å². The standard InChI is InChI=1S/C17H23N3O/c1-11(2)17(21)19-8-7-18-16-13(4)10-14-9-12(3)5-6-15(14)20-16/h5-6,9-11H,7-8H2,1-4H3,(H,18,20)(H,19,21)/p+1. The Morgan fingerprint density at radius 2 is 1.95 bits per heavy atom. The maximum atomic E-state index is 11.5. The van der Waals surface area contributed by atoms with Gasteiger partial charge in [-0.15, -0.1) is 0 Å². The topological polar surface area (TPSA) is 55.3 Å². The lowest BCUT2D eigenvalue weighted by atomic mass is 10.1.